The predicted molar refractivity (Wildman–Crippen MR) is 72.9 cm³/mol. The van der Waals surface area contributed by atoms with Gasteiger partial charge in [0.05, 0.1) is 19.4 Å². The molecule has 1 unspecified atom stereocenters. The Morgan fingerprint density at radius 1 is 1.52 bits per heavy atom. The lowest BCUT2D eigenvalue weighted by atomic mass is 10.2. The van der Waals surface area contributed by atoms with Crippen LogP contribution >= 0.6 is 0 Å². The van der Waals surface area contributed by atoms with Crippen LogP contribution in [0.4, 0.5) is 16.2 Å². The fourth-order valence-corrected chi connectivity index (χ4v) is 2.23. The lowest BCUT2D eigenvalue weighted by molar-refractivity contribution is -0.124. The summed E-state index contributed by atoms with van der Waals surface area (Å²) < 4.78 is 19.3. The van der Waals surface area contributed by atoms with Crippen molar-refractivity contribution in [3.05, 3.63) is 12.0 Å². The number of morpholine rings is 1. The van der Waals surface area contributed by atoms with Gasteiger partial charge in [0.15, 0.2) is 11.6 Å². The molecule has 2 heterocycles. The van der Waals surface area contributed by atoms with Gasteiger partial charge in [0, 0.05) is 12.6 Å². The zero-order valence-corrected chi connectivity index (χ0v) is 11.4. The van der Waals surface area contributed by atoms with Gasteiger partial charge in [0.2, 0.25) is 11.9 Å². The number of nitrogens with one attached hydrogen (secondary N) is 2. The second-order valence-corrected chi connectivity index (χ2v) is 5.08. The molecule has 0 radical (unpaired) electrons. The Kier molecular flexibility index (Phi) is 3.84. The Morgan fingerprint density at radius 3 is 3.05 bits per heavy atom. The molecule has 1 aliphatic carbocycles. The first-order valence-corrected chi connectivity index (χ1v) is 6.83. The molecule has 1 atom stereocenters. The Bertz CT molecular complexity index is 538. The Morgan fingerprint density at radius 2 is 2.33 bits per heavy atom. The maximum atomic E-state index is 14.0. The quantitative estimate of drug-likeness (QED) is 0.502. The standard InChI is InChI=1S/C12H17FN6O2/c13-8-5-15-12(18-14)17-10(8)19-3-4-21-6-9(19)11(20)16-7-1-2-7/h5,7,9H,1-4,6,14H2,(H,16,20)(H,15,17,18). The van der Waals surface area contributed by atoms with E-state index in [0.29, 0.717) is 13.2 Å². The molecule has 3 rings (SSSR count). The number of nitrogens with two attached hydrogens (primary N) is 1. The molecule has 4 N–H and O–H groups in total. The molecule has 1 amide bonds. The summed E-state index contributed by atoms with van der Waals surface area (Å²) in [7, 11) is 0. The molecule has 0 bridgehead atoms. The number of carbonyl (C=O) groups excluding carboxylic acids is 1. The van der Waals surface area contributed by atoms with Crippen molar-refractivity contribution in [2.24, 2.45) is 5.84 Å². The van der Waals surface area contributed by atoms with Crippen molar-refractivity contribution in [3.8, 4) is 0 Å². The minimum Gasteiger partial charge on any atom is -0.377 e. The summed E-state index contributed by atoms with van der Waals surface area (Å²) in [6, 6.07) is -0.368. The van der Waals surface area contributed by atoms with E-state index >= 15 is 0 Å². The van der Waals surface area contributed by atoms with E-state index in [-0.39, 0.29) is 30.3 Å². The van der Waals surface area contributed by atoms with Crippen LogP contribution in [-0.4, -0.2) is 47.7 Å². The summed E-state index contributed by atoms with van der Waals surface area (Å²) in [5.41, 5.74) is 2.27. The van der Waals surface area contributed by atoms with E-state index in [4.69, 9.17) is 10.6 Å². The third kappa shape index (κ3) is 3.03. The van der Waals surface area contributed by atoms with E-state index in [1.165, 1.54) is 0 Å². The van der Waals surface area contributed by atoms with E-state index in [2.05, 4.69) is 20.7 Å². The normalized spacial score (nSPS) is 22.0. The molecule has 1 aromatic heterocycles. The summed E-state index contributed by atoms with van der Waals surface area (Å²) in [5, 5.41) is 2.90. The van der Waals surface area contributed by atoms with Gasteiger partial charge in [-0.15, -0.1) is 0 Å². The molecule has 8 nitrogen and oxygen atoms in total. The van der Waals surface area contributed by atoms with Crippen molar-refractivity contribution in [1.29, 1.82) is 0 Å². The van der Waals surface area contributed by atoms with Crippen LogP contribution in [0.2, 0.25) is 0 Å². The van der Waals surface area contributed by atoms with E-state index in [0.717, 1.165) is 19.0 Å². The first-order chi connectivity index (χ1) is 10.2. The van der Waals surface area contributed by atoms with Crippen LogP contribution in [0.15, 0.2) is 6.20 Å². The number of nitrogen functional groups attached to an aromatic ring is 1. The fourth-order valence-electron chi connectivity index (χ4n) is 2.23. The molecule has 1 saturated carbocycles. The number of rotatable bonds is 4. The smallest absolute Gasteiger partial charge is 0.245 e. The molecule has 1 aromatic rings. The van der Waals surface area contributed by atoms with Crippen LogP contribution in [0.3, 0.4) is 0 Å². The van der Waals surface area contributed by atoms with Crippen LogP contribution in [-0.2, 0) is 9.53 Å². The minimum absolute atomic E-state index is 0.0530. The molecule has 0 spiro atoms. The van der Waals surface area contributed by atoms with Crippen molar-refractivity contribution < 1.29 is 13.9 Å². The van der Waals surface area contributed by atoms with Gasteiger partial charge in [-0.3, -0.25) is 10.2 Å². The molecular weight excluding hydrogens is 279 g/mol. The number of amides is 1. The number of hydrogen-bond donors (Lipinski definition) is 3. The number of ether oxygens (including phenoxy) is 1. The van der Waals surface area contributed by atoms with E-state index in [9.17, 15) is 9.18 Å². The van der Waals surface area contributed by atoms with Crippen molar-refractivity contribution in [1.82, 2.24) is 15.3 Å². The van der Waals surface area contributed by atoms with Crippen molar-refractivity contribution >= 4 is 17.7 Å². The maximum absolute atomic E-state index is 14.0. The lowest BCUT2D eigenvalue weighted by Gasteiger charge is -2.35. The van der Waals surface area contributed by atoms with Crippen LogP contribution in [0, 0.1) is 5.82 Å². The van der Waals surface area contributed by atoms with E-state index in [1.807, 2.05) is 0 Å². The summed E-state index contributed by atoms with van der Waals surface area (Å²) >= 11 is 0. The average Bonchev–Trinajstić information content (AvgIpc) is 3.32. The molecule has 1 aliphatic heterocycles. The van der Waals surface area contributed by atoms with Gasteiger partial charge < -0.3 is 15.0 Å². The highest BCUT2D eigenvalue weighted by atomic mass is 19.1. The molecule has 2 aliphatic rings. The highest BCUT2D eigenvalue weighted by molar-refractivity contribution is 5.86. The molecule has 21 heavy (non-hydrogen) atoms. The Labute approximate surface area is 120 Å². The summed E-state index contributed by atoms with van der Waals surface area (Å²) in [5.74, 6) is 4.63. The number of carbonyl (C=O) groups is 1. The van der Waals surface area contributed by atoms with E-state index in [1.54, 1.807) is 4.90 Å². The molecule has 1 saturated heterocycles. The molecule has 2 fully saturated rings. The van der Waals surface area contributed by atoms with E-state index < -0.39 is 11.9 Å². The maximum Gasteiger partial charge on any atom is 0.245 e. The van der Waals surface area contributed by atoms with Crippen LogP contribution in [0.1, 0.15) is 12.8 Å². The zero-order valence-electron chi connectivity index (χ0n) is 11.4. The molecular formula is C12H17FN6O2. The number of aromatic nitrogens is 2. The number of halogens is 1. The monoisotopic (exact) mass is 296 g/mol. The fraction of sp³-hybridized carbons (Fsp3) is 0.583. The lowest BCUT2D eigenvalue weighted by Crippen LogP contribution is -2.55. The molecule has 0 aromatic carbocycles. The van der Waals surface area contributed by atoms with Gasteiger partial charge in [-0.25, -0.2) is 15.2 Å². The number of hydrazine groups is 1. The largest absolute Gasteiger partial charge is 0.377 e. The van der Waals surface area contributed by atoms with Gasteiger partial charge >= 0.3 is 0 Å². The zero-order chi connectivity index (χ0) is 14.8. The predicted octanol–water partition coefficient (Wildman–Crippen LogP) is -0.615. The van der Waals surface area contributed by atoms with Crippen molar-refractivity contribution in [2.45, 2.75) is 24.9 Å². The highest BCUT2D eigenvalue weighted by Gasteiger charge is 2.35. The highest BCUT2D eigenvalue weighted by Crippen LogP contribution is 2.23. The van der Waals surface area contributed by atoms with Gasteiger partial charge in [-0.05, 0) is 12.8 Å². The Balaban J connectivity index is 1.84. The third-order valence-electron chi connectivity index (χ3n) is 3.48. The summed E-state index contributed by atoms with van der Waals surface area (Å²) in [6.07, 6.45) is 3.01. The minimum atomic E-state index is -0.602. The van der Waals surface area contributed by atoms with Crippen molar-refractivity contribution in [2.75, 3.05) is 30.1 Å². The SMILES string of the molecule is NNc1ncc(F)c(N2CCOCC2C(=O)NC2CC2)n1. The van der Waals surface area contributed by atoms with Gasteiger partial charge in [-0.2, -0.15) is 4.98 Å². The first-order valence-electron chi connectivity index (χ1n) is 6.83. The number of anilines is 2. The van der Waals surface area contributed by atoms with Crippen LogP contribution < -0.4 is 21.5 Å². The van der Waals surface area contributed by atoms with Crippen LogP contribution in [0.25, 0.3) is 0 Å². The van der Waals surface area contributed by atoms with Crippen LogP contribution in [0.5, 0.6) is 0 Å². The van der Waals surface area contributed by atoms with Gasteiger partial charge in [-0.1, -0.05) is 0 Å². The number of hydrogen-bond acceptors (Lipinski definition) is 7. The molecule has 9 heteroatoms. The second-order valence-electron chi connectivity index (χ2n) is 5.08. The third-order valence-corrected chi connectivity index (χ3v) is 3.48. The Hall–Kier alpha value is -2.00. The average molecular weight is 296 g/mol. The van der Waals surface area contributed by atoms with Gasteiger partial charge in [0.25, 0.3) is 0 Å². The topological polar surface area (TPSA) is 105 Å². The van der Waals surface area contributed by atoms with Crippen molar-refractivity contribution in [3.63, 3.8) is 0 Å². The number of nitrogens with zero attached hydrogens (tertiary/aromatic N) is 3. The molecule has 114 valence electrons. The van der Waals surface area contributed by atoms with Gasteiger partial charge in [0.1, 0.15) is 6.04 Å². The summed E-state index contributed by atoms with van der Waals surface area (Å²) in [4.78, 5) is 21.6. The second kappa shape index (κ2) is 5.78. The summed E-state index contributed by atoms with van der Waals surface area (Å²) in [6.45, 7) is 0.982. The first kappa shape index (κ1) is 14.0.